The van der Waals surface area contributed by atoms with Crippen LogP contribution in [0.2, 0.25) is 0 Å². The molecule has 0 amide bonds. The average Bonchev–Trinajstić information content (AvgIpc) is 2.83. The minimum atomic E-state index is 0.586. The first-order chi connectivity index (χ1) is 10.1. The van der Waals surface area contributed by atoms with Crippen LogP contribution < -0.4 is 5.32 Å². The molecule has 1 N–H and O–H groups in total. The second kappa shape index (κ2) is 7.30. The quantitative estimate of drug-likeness (QED) is 0.797. The van der Waals surface area contributed by atoms with Gasteiger partial charge in [0, 0.05) is 19.3 Å². The summed E-state index contributed by atoms with van der Waals surface area (Å²) in [6.07, 6.45) is 4.51. The molecular weight excluding hydrogens is 258 g/mol. The average molecular weight is 285 g/mol. The maximum Gasteiger partial charge on any atom is 0.203 e. The third-order valence-corrected chi connectivity index (χ3v) is 3.75. The fourth-order valence-electron chi connectivity index (χ4n) is 2.39. The van der Waals surface area contributed by atoms with Crippen molar-refractivity contribution in [3.63, 3.8) is 0 Å². The van der Waals surface area contributed by atoms with Gasteiger partial charge in [-0.15, -0.1) is 0 Å². The highest BCUT2D eigenvalue weighted by atomic mass is 15.2. The number of rotatable bonds is 7. The SMILES string of the molecule is CCCCn1cc(C)nc1NCc1ccc(C(C)C)cc1. The van der Waals surface area contributed by atoms with Crippen LogP contribution in [0.5, 0.6) is 0 Å². The third-order valence-electron chi connectivity index (χ3n) is 3.75. The van der Waals surface area contributed by atoms with Crippen LogP contribution in [0.1, 0.15) is 56.4 Å². The summed E-state index contributed by atoms with van der Waals surface area (Å²) in [5.74, 6) is 1.57. The van der Waals surface area contributed by atoms with E-state index in [4.69, 9.17) is 0 Å². The van der Waals surface area contributed by atoms with Crippen molar-refractivity contribution in [3.05, 3.63) is 47.3 Å². The molecule has 1 aromatic carbocycles. The summed E-state index contributed by atoms with van der Waals surface area (Å²) >= 11 is 0. The molecule has 0 aliphatic rings. The van der Waals surface area contributed by atoms with Crippen molar-refractivity contribution in [2.24, 2.45) is 0 Å². The van der Waals surface area contributed by atoms with Gasteiger partial charge < -0.3 is 9.88 Å². The van der Waals surface area contributed by atoms with Crippen molar-refractivity contribution in [3.8, 4) is 0 Å². The Morgan fingerprint density at radius 1 is 1.19 bits per heavy atom. The minimum absolute atomic E-state index is 0.586. The van der Waals surface area contributed by atoms with Crippen LogP contribution in [0.4, 0.5) is 5.95 Å². The molecule has 114 valence electrons. The number of aryl methyl sites for hydroxylation is 2. The van der Waals surface area contributed by atoms with Crippen LogP contribution >= 0.6 is 0 Å². The summed E-state index contributed by atoms with van der Waals surface area (Å²) in [6, 6.07) is 8.84. The number of nitrogens with one attached hydrogen (secondary N) is 1. The first-order valence-electron chi connectivity index (χ1n) is 7.96. The number of nitrogens with zero attached hydrogens (tertiary/aromatic N) is 2. The topological polar surface area (TPSA) is 29.9 Å². The molecule has 21 heavy (non-hydrogen) atoms. The molecule has 2 aromatic rings. The molecule has 0 aliphatic heterocycles. The van der Waals surface area contributed by atoms with Gasteiger partial charge in [-0.2, -0.15) is 0 Å². The van der Waals surface area contributed by atoms with E-state index in [1.807, 2.05) is 6.92 Å². The van der Waals surface area contributed by atoms with Gasteiger partial charge in [0.25, 0.3) is 0 Å². The number of unbranched alkanes of at least 4 members (excludes halogenated alkanes) is 1. The van der Waals surface area contributed by atoms with E-state index < -0.39 is 0 Å². The number of hydrogen-bond donors (Lipinski definition) is 1. The molecule has 0 atom stereocenters. The van der Waals surface area contributed by atoms with Crippen molar-refractivity contribution < 1.29 is 0 Å². The van der Waals surface area contributed by atoms with Gasteiger partial charge in [0.05, 0.1) is 5.69 Å². The van der Waals surface area contributed by atoms with Crippen molar-refractivity contribution in [2.45, 2.75) is 59.5 Å². The van der Waals surface area contributed by atoms with E-state index in [2.05, 4.69) is 66.1 Å². The van der Waals surface area contributed by atoms with Crippen LogP contribution in [-0.4, -0.2) is 9.55 Å². The molecule has 1 aromatic heterocycles. The van der Waals surface area contributed by atoms with Crippen LogP contribution in [0.3, 0.4) is 0 Å². The van der Waals surface area contributed by atoms with Crippen LogP contribution in [0, 0.1) is 6.92 Å². The zero-order valence-corrected chi connectivity index (χ0v) is 13.7. The Morgan fingerprint density at radius 3 is 2.52 bits per heavy atom. The number of hydrogen-bond acceptors (Lipinski definition) is 2. The Hall–Kier alpha value is -1.77. The molecular formula is C18H27N3. The lowest BCUT2D eigenvalue weighted by Gasteiger charge is -2.10. The lowest BCUT2D eigenvalue weighted by atomic mass is 10.0. The maximum absolute atomic E-state index is 4.58. The van der Waals surface area contributed by atoms with Crippen molar-refractivity contribution in [1.82, 2.24) is 9.55 Å². The van der Waals surface area contributed by atoms with Crippen molar-refractivity contribution in [1.29, 1.82) is 0 Å². The first kappa shape index (κ1) is 15.6. The van der Waals surface area contributed by atoms with Gasteiger partial charge >= 0.3 is 0 Å². The summed E-state index contributed by atoms with van der Waals surface area (Å²) < 4.78 is 2.22. The molecule has 0 unspecified atom stereocenters. The van der Waals surface area contributed by atoms with Crippen LogP contribution in [-0.2, 0) is 13.1 Å². The van der Waals surface area contributed by atoms with E-state index in [1.54, 1.807) is 0 Å². The molecule has 0 aliphatic carbocycles. The van der Waals surface area contributed by atoms with E-state index in [9.17, 15) is 0 Å². The van der Waals surface area contributed by atoms with Crippen LogP contribution in [0.15, 0.2) is 30.5 Å². The number of aromatic nitrogens is 2. The molecule has 0 saturated heterocycles. The fraction of sp³-hybridized carbons (Fsp3) is 0.500. The largest absolute Gasteiger partial charge is 0.352 e. The summed E-state index contributed by atoms with van der Waals surface area (Å²) in [4.78, 5) is 4.58. The second-order valence-corrected chi connectivity index (χ2v) is 6.00. The molecule has 2 rings (SSSR count). The van der Waals surface area contributed by atoms with Crippen LogP contribution in [0.25, 0.3) is 0 Å². The highest BCUT2D eigenvalue weighted by Gasteiger charge is 2.05. The lowest BCUT2D eigenvalue weighted by Crippen LogP contribution is -2.07. The van der Waals surface area contributed by atoms with Gasteiger partial charge in [-0.05, 0) is 30.4 Å². The molecule has 3 nitrogen and oxygen atoms in total. The fourth-order valence-corrected chi connectivity index (χ4v) is 2.39. The molecule has 0 saturated carbocycles. The normalized spacial score (nSPS) is 11.1. The number of anilines is 1. The van der Waals surface area contributed by atoms with Crippen molar-refractivity contribution in [2.75, 3.05) is 5.32 Å². The number of benzene rings is 1. The maximum atomic E-state index is 4.58. The van der Waals surface area contributed by atoms with E-state index >= 15 is 0 Å². The van der Waals surface area contributed by atoms with Gasteiger partial charge in [-0.3, -0.25) is 0 Å². The van der Waals surface area contributed by atoms with E-state index in [0.717, 1.165) is 24.7 Å². The van der Waals surface area contributed by atoms with Crippen molar-refractivity contribution >= 4 is 5.95 Å². The Bertz CT molecular complexity index is 552. The predicted molar refractivity (Wildman–Crippen MR) is 89.7 cm³/mol. The molecule has 0 fully saturated rings. The molecule has 3 heteroatoms. The second-order valence-electron chi connectivity index (χ2n) is 6.00. The van der Waals surface area contributed by atoms with Gasteiger partial charge in [0.15, 0.2) is 0 Å². The van der Waals surface area contributed by atoms with Gasteiger partial charge in [0.1, 0.15) is 0 Å². The standard InChI is InChI=1S/C18H27N3/c1-5-6-11-21-13-15(4)20-18(21)19-12-16-7-9-17(10-8-16)14(2)3/h7-10,13-14H,5-6,11-12H2,1-4H3,(H,19,20). The Morgan fingerprint density at radius 2 is 1.90 bits per heavy atom. The van der Waals surface area contributed by atoms with Gasteiger partial charge in [-0.25, -0.2) is 4.98 Å². The van der Waals surface area contributed by atoms with E-state index in [1.165, 1.54) is 24.0 Å². The highest BCUT2D eigenvalue weighted by Crippen LogP contribution is 2.16. The van der Waals surface area contributed by atoms with Gasteiger partial charge in [-0.1, -0.05) is 51.5 Å². The summed E-state index contributed by atoms with van der Waals surface area (Å²) in [5, 5.41) is 3.46. The monoisotopic (exact) mass is 285 g/mol. The summed E-state index contributed by atoms with van der Waals surface area (Å²) in [5.41, 5.74) is 3.75. The molecule has 0 spiro atoms. The molecule has 1 heterocycles. The summed E-state index contributed by atoms with van der Waals surface area (Å²) in [6.45, 7) is 10.6. The predicted octanol–water partition coefficient (Wildman–Crippen LogP) is 4.73. The zero-order chi connectivity index (χ0) is 15.2. The molecule has 0 radical (unpaired) electrons. The molecule has 0 bridgehead atoms. The van der Waals surface area contributed by atoms with Gasteiger partial charge in [0.2, 0.25) is 5.95 Å². The lowest BCUT2D eigenvalue weighted by molar-refractivity contribution is 0.634. The highest BCUT2D eigenvalue weighted by molar-refractivity contribution is 5.32. The van der Waals surface area contributed by atoms with E-state index in [0.29, 0.717) is 5.92 Å². The third kappa shape index (κ3) is 4.35. The minimum Gasteiger partial charge on any atom is -0.352 e. The first-order valence-corrected chi connectivity index (χ1v) is 7.96. The smallest absolute Gasteiger partial charge is 0.203 e. The Labute approximate surface area is 128 Å². The number of imidazole rings is 1. The Balaban J connectivity index is 1.99. The zero-order valence-electron chi connectivity index (χ0n) is 13.7. The summed E-state index contributed by atoms with van der Waals surface area (Å²) in [7, 11) is 0. The Kier molecular flexibility index (Phi) is 5.43. The van der Waals surface area contributed by atoms with E-state index in [-0.39, 0.29) is 0 Å².